The van der Waals surface area contributed by atoms with Crippen molar-refractivity contribution in [1.29, 1.82) is 0 Å². The second-order valence-electron chi connectivity index (χ2n) is 7.21. The first-order valence-corrected chi connectivity index (χ1v) is 11.6. The minimum atomic E-state index is -3.78. The monoisotopic (exact) mass is 437 g/mol. The van der Waals surface area contributed by atoms with E-state index in [0.717, 1.165) is 18.4 Å². The normalized spacial score (nSPS) is 13.0. The second kappa shape index (κ2) is 8.77. The van der Waals surface area contributed by atoms with Gasteiger partial charge >= 0.3 is 0 Å². The summed E-state index contributed by atoms with van der Waals surface area (Å²) in [6.45, 7) is 3.13. The van der Waals surface area contributed by atoms with Gasteiger partial charge in [-0.05, 0) is 66.9 Å². The average molecular weight is 438 g/mol. The highest BCUT2D eigenvalue weighted by Gasteiger charge is 2.26. The first kappa shape index (κ1) is 20.9. The minimum absolute atomic E-state index is 0.135. The number of amides is 1. The van der Waals surface area contributed by atoms with E-state index in [-0.39, 0.29) is 10.8 Å². The van der Waals surface area contributed by atoms with Crippen molar-refractivity contribution in [2.75, 3.05) is 22.8 Å². The van der Waals surface area contributed by atoms with Gasteiger partial charge in [-0.25, -0.2) is 8.42 Å². The number of rotatable bonds is 7. The Labute approximate surface area is 181 Å². The molecule has 0 unspecified atom stereocenters. The highest BCUT2D eigenvalue weighted by Crippen LogP contribution is 2.33. The van der Waals surface area contributed by atoms with Gasteiger partial charge in [0.2, 0.25) is 0 Å². The largest absolute Gasteiger partial charge is 0.494 e. The van der Waals surface area contributed by atoms with Crippen molar-refractivity contribution in [3.63, 3.8) is 0 Å². The number of carbonyl (C=O) groups excluding carboxylic acids is 1. The molecule has 0 radical (unpaired) electrons. The van der Waals surface area contributed by atoms with Crippen LogP contribution in [0.15, 0.2) is 71.9 Å². The number of sulfonamides is 1. The highest BCUT2D eigenvalue weighted by atomic mass is 32.2. The van der Waals surface area contributed by atoms with E-state index in [1.807, 2.05) is 13.0 Å². The number of nitrogens with one attached hydrogen (secondary N) is 1. The number of hydrogen-bond donors (Lipinski definition) is 1. The molecule has 1 aromatic heterocycles. The van der Waals surface area contributed by atoms with Crippen molar-refractivity contribution in [1.82, 2.24) is 4.98 Å². The summed E-state index contributed by atoms with van der Waals surface area (Å²) in [5.41, 5.74) is 2.66. The highest BCUT2D eigenvalue weighted by molar-refractivity contribution is 7.92. The van der Waals surface area contributed by atoms with Crippen molar-refractivity contribution in [2.24, 2.45) is 0 Å². The molecule has 8 heteroatoms. The molecule has 7 nitrogen and oxygen atoms in total. The van der Waals surface area contributed by atoms with Crippen LogP contribution in [0.2, 0.25) is 0 Å². The van der Waals surface area contributed by atoms with Crippen LogP contribution in [-0.4, -0.2) is 32.5 Å². The molecule has 2 aromatic carbocycles. The Kier molecular flexibility index (Phi) is 5.90. The SMILES string of the molecule is CCCOc1ccc(S(=O)(=O)Nc2ccc3c(c2)N(C(=O)c2ccncc2)CC3)cc1. The number of ether oxygens (including phenoxy) is 1. The minimum Gasteiger partial charge on any atom is -0.494 e. The van der Waals surface area contributed by atoms with Crippen LogP contribution in [0.1, 0.15) is 29.3 Å². The fraction of sp³-hybridized carbons (Fsp3) is 0.217. The first-order chi connectivity index (χ1) is 15.0. The van der Waals surface area contributed by atoms with Crippen LogP contribution in [0.25, 0.3) is 0 Å². The lowest BCUT2D eigenvalue weighted by molar-refractivity contribution is 0.0989. The quantitative estimate of drug-likeness (QED) is 0.606. The van der Waals surface area contributed by atoms with Crippen LogP contribution in [0.4, 0.5) is 11.4 Å². The zero-order chi connectivity index (χ0) is 21.8. The van der Waals surface area contributed by atoms with Gasteiger partial charge in [-0.2, -0.15) is 0 Å². The van der Waals surface area contributed by atoms with Gasteiger partial charge in [0.05, 0.1) is 17.2 Å². The molecule has 160 valence electrons. The Balaban J connectivity index is 1.54. The second-order valence-corrected chi connectivity index (χ2v) is 8.89. The summed E-state index contributed by atoms with van der Waals surface area (Å²) >= 11 is 0. The van der Waals surface area contributed by atoms with E-state index in [4.69, 9.17) is 4.74 Å². The lowest BCUT2D eigenvalue weighted by Gasteiger charge is -2.18. The molecule has 0 fully saturated rings. The smallest absolute Gasteiger partial charge is 0.261 e. The molecule has 0 aliphatic carbocycles. The predicted molar refractivity (Wildman–Crippen MR) is 119 cm³/mol. The van der Waals surface area contributed by atoms with Gasteiger partial charge in [0.1, 0.15) is 5.75 Å². The molecule has 1 aliphatic rings. The van der Waals surface area contributed by atoms with Gasteiger partial charge in [0.25, 0.3) is 15.9 Å². The maximum absolute atomic E-state index is 12.9. The number of fused-ring (bicyclic) bond motifs is 1. The van der Waals surface area contributed by atoms with Gasteiger partial charge in [-0.1, -0.05) is 13.0 Å². The maximum atomic E-state index is 12.9. The molecule has 1 aliphatic heterocycles. The van der Waals surface area contributed by atoms with Gasteiger partial charge in [0.15, 0.2) is 0 Å². The molecule has 3 aromatic rings. The van der Waals surface area contributed by atoms with Crippen LogP contribution in [-0.2, 0) is 16.4 Å². The summed E-state index contributed by atoms with van der Waals surface area (Å²) in [5.74, 6) is 0.493. The lowest BCUT2D eigenvalue weighted by Crippen LogP contribution is -2.28. The van der Waals surface area contributed by atoms with E-state index in [9.17, 15) is 13.2 Å². The Morgan fingerprint density at radius 3 is 2.55 bits per heavy atom. The molecule has 2 heterocycles. The number of carbonyl (C=O) groups is 1. The molecule has 4 rings (SSSR count). The van der Waals surface area contributed by atoms with E-state index in [1.165, 1.54) is 12.1 Å². The van der Waals surface area contributed by atoms with Crippen LogP contribution >= 0.6 is 0 Å². The third kappa shape index (κ3) is 4.54. The van der Waals surface area contributed by atoms with Crippen molar-refractivity contribution in [3.8, 4) is 5.75 Å². The van der Waals surface area contributed by atoms with Crippen LogP contribution in [0.5, 0.6) is 5.75 Å². The molecule has 31 heavy (non-hydrogen) atoms. The Morgan fingerprint density at radius 2 is 1.84 bits per heavy atom. The van der Waals surface area contributed by atoms with Gasteiger partial charge in [-0.15, -0.1) is 0 Å². The van der Waals surface area contributed by atoms with Crippen molar-refractivity contribution >= 4 is 27.3 Å². The third-order valence-corrected chi connectivity index (χ3v) is 6.41. The van der Waals surface area contributed by atoms with Gasteiger partial charge in [0, 0.05) is 30.2 Å². The van der Waals surface area contributed by atoms with Crippen LogP contribution in [0.3, 0.4) is 0 Å². The molecular weight excluding hydrogens is 414 g/mol. The van der Waals surface area contributed by atoms with E-state index >= 15 is 0 Å². The number of benzene rings is 2. The van der Waals surface area contributed by atoms with E-state index in [1.54, 1.807) is 53.7 Å². The number of pyridine rings is 1. The summed E-state index contributed by atoms with van der Waals surface area (Å²) in [6.07, 6.45) is 4.75. The molecule has 0 spiro atoms. The zero-order valence-corrected chi connectivity index (χ0v) is 17.9. The summed E-state index contributed by atoms with van der Waals surface area (Å²) in [7, 11) is -3.78. The van der Waals surface area contributed by atoms with Crippen LogP contribution < -0.4 is 14.4 Å². The van der Waals surface area contributed by atoms with E-state index in [2.05, 4.69) is 9.71 Å². The Morgan fingerprint density at radius 1 is 1.10 bits per heavy atom. The molecule has 1 N–H and O–H groups in total. The maximum Gasteiger partial charge on any atom is 0.261 e. The van der Waals surface area contributed by atoms with Crippen LogP contribution in [0, 0.1) is 0 Å². The molecule has 0 saturated heterocycles. The lowest BCUT2D eigenvalue weighted by atomic mass is 10.1. The first-order valence-electron chi connectivity index (χ1n) is 10.1. The Hall–Kier alpha value is -3.39. The predicted octanol–water partition coefficient (Wildman–Crippen LogP) is 3.87. The number of aromatic nitrogens is 1. The molecule has 0 bridgehead atoms. The average Bonchev–Trinajstić information content (AvgIpc) is 3.21. The van der Waals surface area contributed by atoms with Crippen molar-refractivity contribution < 1.29 is 17.9 Å². The third-order valence-electron chi connectivity index (χ3n) is 5.01. The van der Waals surface area contributed by atoms with Gasteiger partial charge < -0.3 is 9.64 Å². The fourth-order valence-electron chi connectivity index (χ4n) is 3.45. The van der Waals surface area contributed by atoms with E-state index in [0.29, 0.717) is 35.8 Å². The number of nitrogens with zero attached hydrogens (tertiary/aromatic N) is 2. The summed E-state index contributed by atoms with van der Waals surface area (Å²) in [4.78, 5) is 18.6. The molecular formula is C23H23N3O4S. The number of anilines is 2. The fourth-order valence-corrected chi connectivity index (χ4v) is 4.50. The standard InChI is InChI=1S/C23H23N3O4S/c1-2-15-30-20-5-7-21(8-6-20)31(28,29)25-19-4-3-17-11-14-26(22(17)16-19)23(27)18-9-12-24-13-10-18/h3-10,12-13,16,25H,2,11,14-15H2,1H3. The molecule has 0 atom stereocenters. The molecule has 1 amide bonds. The Bertz CT molecular complexity index is 1180. The van der Waals surface area contributed by atoms with E-state index < -0.39 is 10.0 Å². The van der Waals surface area contributed by atoms with Crippen molar-refractivity contribution in [2.45, 2.75) is 24.7 Å². The summed E-state index contributed by atoms with van der Waals surface area (Å²) in [5, 5.41) is 0. The van der Waals surface area contributed by atoms with Gasteiger partial charge in [-0.3, -0.25) is 14.5 Å². The zero-order valence-electron chi connectivity index (χ0n) is 17.1. The molecule has 0 saturated carbocycles. The van der Waals surface area contributed by atoms with Crippen molar-refractivity contribution in [3.05, 3.63) is 78.1 Å². The number of hydrogen-bond acceptors (Lipinski definition) is 5. The summed E-state index contributed by atoms with van der Waals surface area (Å²) in [6, 6.07) is 14.9. The summed E-state index contributed by atoms with van der Waals surface area (Å²) < 4.78 is 33.8. The topological polar surface area (TPSA) is 88.6 Å².